The predicted molar refractivity (Wildman–Crippen MR) is 180 cm³/mol. The van der Waals surface area contributed by atoms with E-state index in [-0.39, 0.29) is 37.0 Å². The molecule has 3 aromatic rings. The van der Waals surface area contributed by atoms with E-state index in [4.69, 9.17) is 10.5 Å². The van der Waals surface area contributed by atoms with Crippen LogP contribution < -0.4 is 16.4 Å². The second-order valence-electron chi connectivity index (χ2n) is 11.1. The lowest BCUT2D eigenvalue weighted by molar-refractivity contribution is -0.127. The quantitative estimate of drug-likeness (QED) is 0.143. The largest absolute Gasteiger partial charge is 0.445 e. The minimum atomic E-state index is -0.539. The molecule has 240 valence electrons. The number of Topliss-reactive ketones (excluding diaryl/α,β-unsaturated/α-hetero) is 1. The molecule has 4 N–H and O–H groups in total. The zero-order valence-corrected chi connectivity index (χ0v) is 26.4. The first kappa shape index (κ1) is 33.6. The minimum Gasteiger partial charge on any atom is -0.445 e. The molecule has 0 saturated heterocycles. The molecule has 0 aliphatic carbocycles. The molecule has 1 aliphatic heterocycles. The van der Waals surface area contributed by atoms with Crippen molar-refractivity contribution in [3.8, 4) is 0 Å². The number of rotatable bonds is 14. The fourth-order valence-electron chi connectivity index (χ4n) is 5.06. The first-order chi connectivity index (χ1) is 22.3. The predicted octanol–water partition coefficient (Wildman–Crippen LogP) is 6.25. The SMILES string of the molecule is CCCN(CCC)C(=O)C1=Cc2ccc(C(=O)Nc3cccc(C(=O)CCCNC(=O)OCc4ccccc4)c3)cc2N=C(N)C1. The van der Waals surface area contributed by atoms with Crippen molar-refractivity contribution in [2.45, 2.75) is 52.6 Å². The lowest BCUT2D eigenvalue weighted by Crippen LogP contribution is -2.34. The summed E-state index contributed by atoms with van der Waals surface area (Å²) >= 11 is 0. The van der Waals surface area contributed by atoms with Gasteiger partial charge in [0.1, 0.15) is 12.4 Å². The van der Waals surface area contributed by atoms with Crippen LogP contribution in [0.15, 0.2) is 83.4 Å². The number of carbonyl (C=O) groups excluding carboxylic acids is 4. The molecule has 0 radical (unpaired) electrons. The third-order valence-electron chi connectivity index (χ3n) is 7.31. The van der Waals surface area contributed by atoms with Gasteiger partial charge in [0.05, 0.1) is 5.69 Å². The van der Waals surface area contributed by atoms with Crippen LogP contribution in [0.25, 0.3) is 6.08 Å². The highest BCUT2D eigenvalue weighted by Gasteiger charge is 2.21. The van der Waals surface area contributed by atoms with E-state index in [0.29, 0.717) is 65.5 Å². The van der Waals surface area contributed by atoms with Crippen molar-refractivity contribution in [3.63, 3.8) is 0 Å². The van der Waals surface area contributed by atoms with Gasteiger partial charge in [-0.3, -0.25) is 14.4 Å². The molecule has 3 aromatic carbocycles. The summed E-state index contributed by atoms with van der Waals surface area (Å²) in [6, 6.07) is 21.2. The summed E-state index contributed by atoms with van der Waals surface area (Å²) in [5.41, 5.74) is 10.1. The first-order valence-electron chi connectivity index (χ1n) is 15.6. The average Bonchev–Trinajstić information content (AvgIpc) is 3.23. The van der Waals surface area contributed by atoms with Crippen LogP contribution in [0.2, 0.25) is 0 Å². The summed E-state index contributed by atoms with van der Waals surface area (Å²) in [5, 5.41) is 5.50. The third-order valence-corrected chi connectivity index (χ3v) is 7.31. The van der Waals surface area contributed by atoms with E-state index in [9.17, 15) is 19.2 Å². The Balaban J connectivity index is 1.33. The number of ketones is 1. The Morgan fingerprint density at radius 3 is 2.41 bits per heavy atom. The number of amidine groups is 1. The van der Waals surface area contributed by atoms with Crippen LogP contribution in [0.3, 0.4) is 0 Å². The van der Waals surface area contributed by atoms with Crippen LogP contribution in [0.4, 0.5) is 16.2 Å². The van der Waals surface area contributed by atoms with Gasteiger partial charge >= 0.3 is 6.09 Å². The van der Waals surface area contributed by atoms with Gasteiger partial charge in [-0.2, -0.15) is 0 Å². The number of nitrogens with one attached hydrogen (secondary N) is 2. The van der Waals surface area contributed by atoms with Gasteiger partial charge in [0.25, 0.3) is 5.91 Å². The van der Waals surface area contributed by atoms with Crippen LogP contribution in [-0.2, 0) is 16.1 Å². The maximum atomic E-state index is 13.2. The second kappa shape index (κ2) is 16.7. The molecular formula is C36H41N5O5. The third kappa shape index (κ3) is 9.62. The van der Waals surface area contributed by atoms with E-state index >= 15 is 0 Å². The number of benzene rings is 3. The van der Waals surface area contributed by atoms with Gasteiger partial charge in [-0.15, -0.1) is 0 Å². The van der Waals surface area contributed by atoms with Crippen LogP contribution in [0.5, 0.6) is 0 Å². The Morgan fingerprint density at radius 2 is 1.67 bits per heavy atom. The molecule has 10 nitrogen and oxygen atoms in total. The molecule has 4 rings (SSSR count). The molecular weight excluding hydrogens is 582 g/mol. The lowest BCUT2D eigenvalue weighted by atomic mass is 10.0. The minimum absolute atomic E-state index is 0.0523. The molecule has 10 heteroatoms. The zero-order chi connectivity index (χ0) is 32.9. The van der Waals surface area contributed by atoms with Crippen molar-refractivity contribution >= 4 is 47.0 Å². The number of carbonyl (C=O) groups is 4. The molecule has 0 saturated carbocycles. The van der Waals surface area contributed by atoms with E-state index in [1.54, 1.807) is 48.5 Å². The van der Waals surface area contributed by atoms with E-state index in [0.717, 1.165) is 18.4 Å². The number of nitrogens with two attached hydrogens (primary N) is 1. The van der Waals surface area contributed by atoms with Gasteiger partial charge in [-0.1, -0.05) is 62.4 Å². The van der Waals surface area contributed by atoms with Crippen molar-refractivity contribution in [1.29, 1.82) is 0 Å². The van der Waals surface area contributed by atoms with E-state index < -0.39 is 6.09 Å². The molecule has 0 aromatic heterocycles. The zero-order valence-electron chi connectivity index (χ0n) is 26.4. The Bertz CT molecular complexity index is 1610. The summed E-state index contributed by atoms with van der Waals surface area (Å²) in [5.74, 6) is -0.238. The number of amides is 3. The van der Waals surface area contributed by atoms with E-state index in [2.05, 4.69) is 15.6 Å². The fourth-order valence-corrected chi connectivity index (χ4v) is 5.06. The van der Waals surface area contributed by atoms with Gasteiger partial charge in [0.15, 0.2) is 5.78 Å². The van der Waals surface area contributed by atoms with Crippen LogP contribution in [0.1, 0.15) is 77.8 Å². The molecule has 3 amide bonds. The van der Waals surface area contributed by atoms with Crippen molar-refractivity contribution in [2.24, 2.45) is 10.7 Å². The standard InChI is InChI=1S/C36H41N5O5/c1-3-18-41(19-4-2)35(44)29-20-26-15-16-28(22-31(26)40-33(37)23-29)34(43)39-30-13-8-12-27(21-30)32(42)14-9-17-38-36(45)46-24-25-10-6-5-7-11-25/h5-8,10-13,15-16,20-22H,3-4,9,14,17-19,23-24H2,1-2H3,(H2,37,40)(H,38,45)(H,39,43). The highest BCUT2D eigenvalue weighted by molar-refractivity contribution is 6.08. The number of ether oxygens (including phenoxy) is 1. The van der Waals surface area contributed by atoms with Crippen molar-refractivity contribution in [1.82, 2.24) is 10.2 Å². The molecule has 0 fully saturated rings. The molecule has 46 heavy (non-hydrogen) atoms. The van der Waals surface area contributed by atoms with Crippen LogP contribution >= 0.6 is 0 Å². The lowest BCUT2D eigenvalue weighted by Gasteiger charge is -2.22. The number of hydrogen-bond donors (Lipinski definition) is 3. The number of anilines is 1. The number of alkyl carbamates (subject to hydrolysis) is 1. The van der Waals surface area contributed by atoms with Gasteiger partial charge in [0.2, 0.25) is 5.91 Å². The molecule has 1 heterocycles. The molecule has 1 aliphatic rings. The number of fused-ring (bicyclic) bond motifs is 1. The highest BCUT2D eigenvalue weighted by atomic mass is 16.5. The van der Waals surface area contributed by atoms with E-state index in [1.165, 1.54) is 0 Å². The van der Waals surface area contributed by atoms with Gasteiger partial charge in [-0.25, -0.2) is 9.79 Å². The summed E-state index contributed by atoms with van der Waals surface area (Å²) < 4.78 is 5.18. The van der Waals surface area contributed by atoms with Crippen LogP contribution in [-0.4, -0.2) is 54.1 Å². The highest BCUT2D eigenvalue weighted by Crippen LogP contribution is 2.29. The molecule has 0 bridgehead atoms. The maximum Gasteiger partial charge on any atom is 0.407 e. The fraction of sp³-hybridized carbons (Fsp3) is 0.306. The first-order valence-corrected chi connectivity index (χ1v) is 15.6. The summed E-state index contributed by atoms with van der Waals surface area (Å²) in [6.45, 7) is 5.89. The molecule has 0 spiro atoms. The smallest absolute Gasteiger partial charge is 0.407 e. The normalized spacial score (nSPS) is 12.1. The van der Waals surface area contributed by atoms with Gasteiger partial charge in [0, 0.05) is 60.4 Å². The number of aliphatic imine (C=N–C) groups is 1. The van der Waals surface area contributed by atoms with E-state index in [1.807, 2.05) is 49.1 Å². The van der Waals surface area contributed by atoms with Crippen molar-refractivity contribution in [3.05, 3.63) is 101 Å². The van der Waals surface area contributed by atoms with Gasteiger partial charge < -0.3 is 26.0 Å². The summed E-state index contributed by atoms with van der Waals surface area (Å²) in [4.78, 5) is 57.5. The monoisotopic (exact) mass is 623 g/mol. The van der Waals surface area contributed by atoms with Gasteiger partial charge in [-0.05, 0) is 55.2 Å². The number of hydrogen-bond acceptors (Lipinski definition) is 7. The maximum absolute atomic E-state index is 13.2. The topological polar surface area (TPSA) is 143 Å². The Labute approximate surface area is 269 Å². The molecule has 0 unspecified atom stereocenters. The number of nitrogens with zero attached hydrogens (tertiary/aromatic N) is 2. The molecule has 0 atom stereocenters. The Morgan fingerprint density at radius 1 is 0.913 bits per heavy atom. The summed E-state index contributed by atoms with van der Waals surface area (Å²) in [6.07, 6.45) is 3.87. The Hall–Kier alpha value is -5.25. The van der Waals surface area contributed by atoms with Crippen molar-refractivity contribution < 1.29 is 23.9 Å². The summed E-state index contributed by atoms with van der Waals surface area (Å²) in [7, 11) is 0. The Kier molecular flexibility index (Phi) is 12.2. The van der Waals surface area contributed by atoms with Crippen molar-refractivity contribution in [2.75, 3.05) is 25.0 Å². The van der Waals surface area contributed by atoms with Crippen LogP contribution in [0, 0.1) is 0 Å². The average molecular weight is 624 g/mol. The second-order valence-corrected chi connectivity index (χ2v) is 11.1.